The van der Waals surface area contributed by atoms with Crippen molar-refractivity contribution in [2.24, 2.45) is 0 Å². The van der Waals surface area contributed by atoms with Crippen LogP contribution >= 0.6 is 0 Å². The highest BCUT2D eigenvalue weighted by molar-refractivity contribution is 7.92. The summed E-state index contributed by atoms with van der Waals surface area (Å²) in [5.74, 6) is 1.26. The maximum absolute atomic E-state index is 12.5. The summed E-state index contributed by atoms with van der Waals surface area (Å²) in [6.45, 7) is 4.78. The van der Waals surface area contributed by atoms with E-state index in [4.69, 9.17) is 14.6 Å². The molecule has 2 aliphatic rings. The summed E-state index contributed by atoms with van der Waals surface area (Å²) in [5, 5.41) is 7.97. The van der Waals surface area contributed by atoms with Crippen molar-refractivity contribution in [3.63, 3.8) is 0 Å². The maximum Gasteiger partial charge on any atom is 0.290 e. The minimum atomic E-state index is -2.90. The molecular weight excluding hydrogens is 464 g/mol. The number of piperidine rings is 1. The number of likely N-dealkylation sites (tertiary alicyclic amines) is 1. The standard InChI is InChI=1S/C26H38N2O3S.CH2O2/c1-2-3-8-21-19-22-9-6-14-27-26(22)25(20-21)31-23-12-16-28(17-13-23)15-7-18-32(29,30)24-10-4-5-11-24;2-1-3/h6,9,14,19-20,23-24H,2-5,7-8,10-13,15-18H2,1H3;1H,(H,2,3). The van der Waals surface area contributed by atoms with Gasteiger partial charge in [-0.05, 0) is 75.3 Å². The summed E-state index contributed by atoms with van der Waals surface area (Å²) in [4.78, 5) is 15.3. The summed E-state index contributed by atoms with van der Waals surface area (Å²) in [6, 6.07) is 8.53. The van der Waals surface area contributed by atoms with Gasteiger partial charge in [-0.1, -0.05) is 32.3 Å². The third kappa shape index (κ3) is 8.17. The number of ether oxygens (including phenoxy) is 1. The fraction of sp³-hybridized carbons (Fsp3) is 0.630. The molecule has 1 aromatic heterocycles. The molecule has 0 amide bonds. The molecule has 8 heteroatoms. The quantitative estimate of drug-likeness (QED) is 0.461. The second kappa shape index (κ2) is 13.8. The van der Waals surface area contributed by atoms with E-state index in [-0.39, 0.29) is 17.8 Å². The van der Waals surface area contributed by atoms with Crippen molar-refractivity contribution in [2.45, 2.75) is 82.5 Å². The smallest absolute Gasteiger partial charge is 0.290 e. The molecule has 0 radical (unpaired) electrons. The summed E-state index contributed by atoms with van der Waals surface area (Å²) in [7, 11) is -2.90. The van der Waals surface area contributed by atoms with E-state index in [1.165, 1.54) is 18.4 Å². The van der Waals surface area contributed by atoms with Crippen molar-refractivity contribution in [1.29, 1.82) is 0 Å². The Morgan fingerprint density at radius 1 is 1.14 bits per heavy atom. The van der Waals surface area contributed by atoms with Crippen LogP contribution in [0.25, 0.3) is 10.9 Å². The number of aromatic nitrogens is 1. The highest BCUT2D eigenvalue weighted by atomic mass is 32.2. The van der Waals surface area contributed by atoms with Crippen molar-refractivity contribution in [3.05, 3.63) is 36.0 Å². The maximum atomic E-state index is 12.5. The van der Waals surface area contributed by atoms with Crippen LogP contribution in [0.15, 0.2) is 30.5 Å². The fourth-order valence-electron chi connectivity index (χ4n) is 5.17. The number of aryl methyl sites for hydroxylation is 1. The first-order chi connectivity index (χ1) is 17.0. The molecule has 1 saturated heterocycles. The first-order valence-electron chi connectivity index (χ1n) is 13.0. The Morgan fingerprint density at radius 2 is 1.86 bits per heavy atom. The van der Waals surface area contributed by atoms with Gasteiger partial charge in [-0.25, -0.2) is 8.42 Å². The Balaban J connectivity index is 0.00000108. The van der Waals surface area contributed by atoms with Crippen molar-refractivity contribution in [2.75, 3.05) is 25.4 Å². The molecule has 2 fully saturated rings. The number of benzene rings is 1. The molecule has 35 heavy (non-hydrogen) atoms. The molecule has 1 aliphatic carbocycles. The average molecular weight is 505 g/mol. The number of carbonyl (C=O) groups is 1. The second-order valence-electron chi connectivity index (χ2n) is 9.66. The van der Waals surface area contributed by atoms with Gasteiger partial charge in [0.15, 0.2) is 9.84 Å². The first kappa shape index (κ1) is 27.4. The van der Waals surface area contributed by atoms with E-state index in [1.54, 1.807) is 0 Å². The lowest BCUT2D eigenvalue weighted by Gasteiger charge is -2.32. The highest BCUT2D eigenvalue weighted by Crippen LogP contribution is 2.30. The van der Waals surface area contributed by atoms with Gasteiger partial charge >= 0.3 is 0 Å². The van der Waals surface area contributed by atoms with E-state index < -0.39 is 9.84 Å². The Kier molecular flexibility index (Phi) is 10.8. The number of fused-ring (bicyclic) bond motifs is 1. The van der Waals surface area contributed by atoms with E-state index in [9.17, 15) is 8.42 Å². The summed E-state index contributed by atoms with van der Waals surface area (Å²) < 4.78 is 31.5. The van der Waals surface area contributed by atoms with Gasteiger partial charge < -0.3 is 14.7 Å². The lowest BCUT2D eigenvalue weighted by atomic mass is 10.0. The van der Waals surface area contributed by atoms with Crippen LogP contribution in [0.3, 0.4) is 0 Å². The Morgan fingerprint density at radius 3 is 2.54 bits per heavy atom. The Hall–Kier alpha value is -2.19. The van der Waals surface area contributed by atoms with Crippen molar-refractivity contribution >= 4 is 27.2 Å². The summed E-state index contributed by atoms with van der Waals surface area (Å²) in [6.07, 6.45) is 12.0. The second-order valence-corrected chi connectivity index (χ2v) is 12.1. The molecular formula is C27H40N2O5S. The molecule has 1 aromatic carbocycles. The zero-order valence-corrected chi connectivity index (χ0v) is 21.7. The first-order valence-corrected chi connectivity index (χ1v) is 14.7. The van der Waals surface area contributed by atoms with Gasteiger partial charge in [0, 0.05) is 24.7 Å². The molecule has 0 spiro atoms. The normalized spacial score (nSPS) is 17.7. The van der Waals surface area contributed by atoms with E-state index in [1.807, 2.05) is 12.3 Å². The molecule has 2 heterocycles. The topological polar surface area (TPSA) is 96.8 Å². The number of unbranched alkanes of at least 4 members (excludes halogenated alkanes) is 1. The molecule has 1 saturated carbocycles. The predicted octanol–water partition coefficient (Wildman–Crippen LogP) is 4.87. The lowest BCUT2D eigenvalue weighted by molar-refractivity contribution is -0.122. The van der Waals surface area contributed by atoms with Gasteiger partial charge in [-0.2, -0.15) is 0 Å². The third-order valence-electron chi connectivity index (χ3n) is 7.09. The number of hydrogen-bond acceptors (Lipinski definition) is 6. The van der Waals surface area contributed by atoms with Crippen LogP contribution in [-0.2, 0) is 21.1 Å². The van der Waals surface area contributed by atoms with Gasteiger partial charge in [0.25, 0.3) is 6.47 Å². The van der Waals surface area contributed by atoms with Gasteiger partial charge in [0.2, 0.25) is 0 Å². The van der Waals surface area contributed by atoms with Crippen molar-refractivity contribution in [1.82, 2.24) is 9.88 Å². The predicted molar refractivity (Wildman–Crippen MR) is 140 cm³/mol. The van der Waals surface area contributed by atoms with Crippen LogP contribution in [0.4, 0.5) is 0 Å². The fourth-order valence-corrected chi connectivity index (χ4v) is 7.08. The molecule has 7 nitrogen and oxygen atoms in total. The van der Waals surface area contributed by atoms with Gasteiger partial charge in [0.1, 0.15) is 17.4 Å². The van der Waals surface area contributed by atoms with E-state index in [2.05, 4.69) is 35.0 Å². The molecule has 2 aromatic rings. The Labute approximate surface area is 209 Å². The van der Waals surface area contributed by atoms with Crippen LogP contribution in [-0.4, -0.2) is 66.6 Å². The molecule has 0 unspecified atom stereocenters. The minimum absolute atomic E-state index is 0.0711. The Bertz CT molecular complexity index is 1030. The van der Waals surface area contributed by atoms with Crippen molar-refractivity contribution in [3.8, 4) is 5.75 Å². The van der Waals surface area contributed by atoms with Crippen LogP contribution < -0.4 is 4.74 Å². The monoisotopic (exact) mass is 504 g/mol. The zero-order valence-electron chi connectivity index (χ0n) is 20.9. The van der Waals surface area contributed by atoms with Crippen LogP contribution in [0.2, 0.25) is 0 Å². The molecule has 0 atom stereocenters. The third-order valence-corrected chi connectivity index (χ3v) is 9.44. The summed E-state index contributed by atoms with van der Waals surface area (Å²) >= 11 is 0. The molecule has 194 valence electrons. The zero-order chi connectivity index (χ0) is 25.1. The molecule has 1 aliphatic heterocycles. The van der Waals surface area contributed by atoms with Crippen molar-refractivity contribution < 1.29 is 23.1 Å². The van der Waals surface area contributed by atoms with Gasteiger partial charge in [-0.3, -0.25) is 9.78 Å². The van der Waals surface area contributed by atoms with Gasteiger partial charge in [0.05, 0.1) is 11.0 Å². The lowest BCUT2D eigenvalue weighted by Crippen LogP contribution is -2.39. The SMILES string of the molecule is CCCCc1cc(OC2CCN(CCCS(=O)(=O)C3CCCC3)CC2)c2ncccc2c1.O=CO. The van der Waals surface area contributed by atoms with Crippen LogP contribution in [0.1, 0.15) is 70.3 Å². The summed E-state index contributed by atoms with van der Waals surface area (Å²) in [5.41, 5.74) is 2.27. The number of rotatable bonds is 10. The average Bonchev–Trinajstić information content (AvgIpc) is 3.41. The van der Waals surface area contributed by atoms with Crippen LogP contribution in [0.5, 0.6) is 5.75 Å². The number of pyridine rings is 1. The van der Waals surface area contributed by atoms with E-state index in [0.717, 1.165) is 87.7 Å². The largest absolute Gasteiger partial charge is 0.488 e. The number of sulfone groups is 1. The molecule has 4 rings (SSSR count). The van der Waals surface area contributed by atoms with E-state index >= 15 is 0 Å². The van der Waals surface area contributed by atoms with Gasteiger partial charge in [-0.15, -0.1) is 0 Å². The van der Waals surface area contributed by atoms with Crippen LogP contribution in [0, 0.1) is 0 Å². The number of nitrogens with zero attached hydrogens (tertiary/aromatic N) is 2. The van der Waals surface area contributed by atoms with E-state index in [0.29, 0.717) is 5.75 Å². The minimum Gasteiger partial charge on any atom is -0.488 e. The molecule has 0 bridgehead atoms. The highest BCUT2D eigenvalue weighted by Gasteiger charge is 2.28. The number of carboxylic acid groups (broad SMARTS) is 1. The number of hydrogen-bond donors (Lipinski definition) is 1. The molecule has 1 N–H and O–H groups in total.